The predicted molar refractivity (Wildman–Crippen MR) is 325 cm³/mol. The van der Waals surface area contributed by atoms with Crippen molar-refractivity contribution < 1.29 is 32.9 Å². The first kappa shape index (κ1) is 72.2. The molecule has 2 N–H and O–H groups in total. The molecule has 432 valence electrons. The van der Waals surface area contributed by atoms with Crippen molar-refractivity contribution in [1.29, 1.82) is 0 Å². The van der Waals surface area contributed by atoms with Gasteiger partial charge in [-0.05, 0) is 83.5 Å². The first-order chi connectivity index (χ1) is 36.5. The molecule has 0 rings (SSSR count). The monoisotopic (exact) mass is 1060 g/mol. The van der Waals surface area contributed by atoms with Gasteiger partial charge < -0.3 is 28.8 Å². The van der Waals surface area contributed by atoms with E-state index in [1.54, 1.807) is 0 Å². The molecule has 1 amide bonds. The van der Waals surface area contributed by atoms with Crippen molar-refractivity contribution in [3.63, 3.8) is 0 Å². The number of nitrogens with zero attached hydrogens (tertiary/aromatic N) is 1. The maximum absolute atomic E-state index is 13.0. The maximum atomic E-state index is 13.0. The fourth-order valence-electron chi connectivity index (χ4n) is 8.50. The number of aliphatic hydroxyl groups excluding tert-OH is 1. The Morgan fingerprint density at radius 1 is 0.480 bits per heavy atom. The molecule has 0 saturated heterocycles. The molecule has 8 nitrogen and oxygen atoms in total. The highest BCUT2D eigenvalue weighted by atomic mass is 31.2. The number of hydrogen-bond acceptors (Lipinski definition) is 6. The molecule has 0 aromatic carbocycles. The van der Waals surface area contributed by atoms with Gasteiger partial charge in [-0.3, -0.25) is 9.36 Å². The number of nitrogens with one attached hydrogen (secondary N) is 1. The number of unbranched alkanes of at least 4 members (excludes halogenated alkanes) is 24. The molecule has 0 spiro atoms. The van der Waals surface area contributed by atoms with Crippen LogP contribution in [0.15, 0.2) is 109 Å². The quantitative estimate of drug-likeness (QED) is 0.0272. The fourth-order valence-corrected chi connectivity index (χ4v) is 9.23. The van der Waals surface area contributed by atoms with Crippen LogP contribution in [0.2, 0.25) is 0 Å². The highest BCUT2D eigenvalue weighted by Gasteiger charge is 2.24. The smallest absolute Gasteiger partial charge is 0.268 e. The molecule has 0 heterocycles. The van der Waals surface area contributed by atoms with Crippen LogP contribution < -0.4 is 10.2 Å². The first-order valence-electron chi connectivity index (χ1n) is 30.7. The number of quaternary nitrogens is 1. The lowest BCUT2D eigenvalue weighted by Crippen LogP contribution is -2.46. The lowest BCUT2D eigenvalue weighted by Gasteiger charge is -2.30. The molecule has 0 aromatic heterocycles. The number of phosphoric acid groups is 1. The highest BCUT2D eigenvalue weighted by Crippen LogP contribution is 2.38. The zero-order valence-corrected chi connectivity index (χ0v) is 50.1. The molecule has 9 heteroatoms. The Morgan fingerprint density at radius 3 is 1.19 bits per heavy atom. The Labute approximate surface area is 463 Å². The number of aliphatic hydroxyl groups is 1. The molecule has 0 aliphatic heterocycles. The summed E-state index contributed by atoms with van der Waals surface area (Å²) in [6.45, 7) is 4.61. The van der Waals surface area contributed by atoms with Crippen LogP contribution in [0.25, 0.3) is 0 Å². The molecular weight excluding hydrogens is 948 g/mol. The minimum atomic E-state index is -4.58. The molecule has 0 saturated carbocycles. The van der Waals surface area contributed by atoms with Crippen molar-refractivity contribution in [2.24, 2.45) is 0 Å². The summed E-state index contributed by atoms with van der Waals surface area (Å²) in [5.41, 5.74) is 0. The summed E-state index contributed by atoms with van der Waals surface area (Å²) in [5, 5.41) is 14.0. The summed E-state index contributed by atoms with van der Waals surface area (Å²) in [5.74, 6) is -0.174. The van der Waals surface area contributed by atoms with E-state index in [2.05, 4.69) is 129 Å². The Bertz CT molecular complexity index is 1590. The molecule has 75 heavy (non-hydrogen) atoms. The Morgan fingerprint density at radius 2 is 0.813 bits per heavy atom. The summed E-state index contributed by atoms with van der Waals surface area (Å²) < 4.78 is 23.4. The van der Waals surface area contributed by atoms with Gasteiger partial charge >= 0.3 is 0 Å². The summed E-state index contributed by atoms with van der Waals surface area (Å²) in [6.07, 6.45) is 81.2. The largest absolute Gasteiger partial charge is 0.756 e. The van der Waals surface area contributed by atoms with Crippen LogP contribution in [0.4, 0.5) is 0 Å². The lowest BCUT2D eigenvalue weighted by atomic mass is 10.0. The van der Waals surface area contributed by atoms with Crippen LogP contribution >= 0.6 is 7.82 Å². The highest BCUT2D eigenvalue weighted by molar-refractivity contribution is 7.45. The van der Waals surface area contributed by atoms with Gasteiger partial charge in [0.1, 0.15) is 13.2 Å². The Kier molecular flexibility index (Phi) is 53.8. The van der Waals surface area contributed by atoms with Gasteiger partial charge in [0, 0.05) is 6.42 Å². The Hall–Kier alpha value is -2.84. The molecule has 0 aromatic rings. The summed E-state index contributed by atoms with van der Waals surface area (Å²) >= 11 is 0. The van der Waals surface area contributed by atoms with E-state index in [1.165, 1.54) is 122 Å². The van der Waals surface area contributed by atoms with E-state index in [0.29, 0.717) is 23.9 Å². The van der Waals surface area contributed by atoms with E-state index in [0.717, 1.165) is 103 Å². The summed E-state index contributed by atoms with van der Waals surface area (Å²) in [4.78, 5) is 25.6. The molecule has 0 aliphatic rings. The average Bonchev–Trinajstić information content (AvgIpc) is 3.37. The van der Waals surface area contributed by atoms with Gasteiger partial charge in [0.25, 0.3) is 7.82 Å². The molecular formula is C66H117N2O6P. The van der Waals surface area contributed by atoms with Crippen LogP contribution in [0.3, 0.4) is 0 Å². The molecule has 0 bridgehead atoms. The normalized spacial score (nSPS) is 14.6. The molecule has 0 aliphatic carbocycles. The van der Waals surface area contributed by atoms with Crippen LogP contribution in [0.1, 0.15) is 251 Å². The van der Waals surface area contributed by atoms with E-state index < -0.39 is 20.0 Å². The molecule has 0 fully saturated rings. The van der Waals surface area contributed by atoms with Gasteiger partial charge in [-0.15, -0.1) is 0 Å². The van der Waals surface area contributed by atoms with Crippen molar-refractivity contribution in [3.8, 4) is 0 Å². The first-order valence-corrected chi connectivity index (χ1v) is 32.2. The number of rotatable bonds is 55. The van der Waals surface area contributed by atoms with Crippen LogP contribution in [-0.4, -0.2) is 68.5 Å². The van der Waals surface area contributed by atoms with Crippen molar-refractivity contribution in [2.75, 3.05) is 40.9 Å². The Balaban J connectivity index is 4.12. The molecule has 3 atom stereocenters. The number of carbonyl (C=O) groups is 1. The van der Waals surface area contributed by atoms with Crippen molar-refractivity contribution in [1.82, 2.24) is 5.32 Å². The van der Waals surface area contributed by atoms with E-state index >= 15 is 0 Å². The lowest BCUT2D eigenvalue weighted by molar-refractivity contribution is -0.870. The number of hydrogen-bond donors (Lipinski definition) is 2. The predicted octanol–water partition coefficient (Wildman–Crippen LogP) is 18.5. The van der Waals surface area contributed by atoms with Gasteiger partial charge in [0.05, 0.1) is 39.9 Å². The number of amides is 1. The summed E-state index contributed by atoms with van der Waals surface area (Å²) in [7, 11) is 1.29. The van der Waals surface area contributed by atoms with Crippen molar-refractivity contribution >= 4 is 13.7 Å². The zero-order valence-electron chi connectivity index (χ0n) is 49.2. The average molecular weight is 1070 g/mol. The van der Waals surface area contributed by atoms with E-state index in [9.17, 15) is 19.4 Å². The number of carbonyl (C=O) groups excluding carboxylic acids is 1. The number of allylic oxidation sites excluding steroid dienone is 18. The van der Waals surface area contributed by atoms with Crippen LogP contribution in [-0.2, 0) is 18.4 Å². The standard InChI is InChI=1S/C66H117N2O6P/c1-6-8-10-12-14-16-18-20-22-24-25-26-27-28-29-30-31-32-33-34-35-36-37-38-39-40-41-42-43-44-46-48-50-52-54-56-58-60-66(70)67-64(63-74-75(71,72)73-62-61-68(3,4)5)65(69)59-57-55-53-51-49-47-45-23-21-19-17-15-13-11-9-7-2/h8,10,14,16,20,22,25-26,28-29,31-32,34-35,37-38,40-41,64-65,69H,6-7,9,11-13,15,17-19,21,23-24,27,30,33,36,39,42-63H2,1-5H3,(H-,67,70,71,72)/b10-8-,16-14-,22-20-,26-25-,29-28-,32-31-,35-34-,38-37-,41-40-. The second-order valence-electron chi connectivity index (χ2n) is 21.7. The molecule has 0 radical (unpaired) electrons. The summed E-state index contributed by atoms with van der Waals surface area (Å²) in [6, 6.07) is -0.811. The second kappa shape index (κ2) is 55.9. The van der Waals surface area contributed by atoms with Gasteiger partial charge in [-0.25, -0.2) is 0 Å². The minimum Gasteiger partial charge on any atom is -0.756 e. The van der Waals surface area contributed by atoms with E-state index in [4.69, 9.17) is 9.05 Å². The van der Waals surface area contributed by atoms with Gasteiger partial charge in [-0.1, -0.05) is 271 Å². The third-order valence-corrected chi connectivity index (χ3v) is 14.2. The van der Waals surface area contributed by atoms with Gasteiger partial charge in [-0.2, -0.15) is 0 Å². The zero-order chi connectivity index (χ0) is 54.9. The van der Waals surface area contributed by atoms with Crippen molar-refractivity contribution in [3.05, 3.63) is 109 Å². The molecule has 3 unspecified atom stereocenters. The topological polar surface area (TPSA) is 108 Å². The van der Waals surface area contributed by atoms with Crippen molar-refractivity contribution in [2.45, 2.75) is 264 Å². The van der Waals surface area contributed by atoms with E-state index in [1.807, 2.05) is 21.1 Å². The van der Waals surface area contributed by atoms with E-state index in [-0.39, 0.29) is 19.1 Å². The maximum Gasteiger partial charge on any atom is 0.268 e. The number of likely N-dealkylation sites (N-methyl/N-ethyl adjacent to an activating group) is 1. The van der Waals surface area contributed by atoms with Gasteiger partial charge in [0.2, 0.25) is 5.91 Å². The van der Waals surface area contributed by atoms with Gasteiger partial charge in [0.15, 0.2) is 0 Å². The second-order valence-corrected chi connectivity index (χ2v) is 23.1. The number of phosphoric ester groups is 1. The third kappa shape index (κ3) is 58.7. The SMILES string of the molecule is CC/C=C\C/C=C\C/C=C\C/C=C\C/C=C\C/C=C\C/C=C\C/C=C\C/C=C\CCCCCCCCCCCC(=O)NC(COP(=O)([O-])OCC[N+](C)(C)C)C(O)CCCCCCCCCCCCCCCCCC. The van der Waals surface area contributed by atoms with Crippen LogP contribution in [0.5, 0.6) is 0 Å². The van der Waals surface area contributed by atoms with Crippen LogP contribution in [0, 0.1) is 0 Å². The fraction of sp³-hybridized carbons (Fsp3) is 0.712. The minimum absolute atomic E-state index is 0.00641. The third-order valence-electron chi connectivity index (χ3n) is 13.3.